The fourth-order valence-electron chi connectivity index (χ4n) is 2.91. The minimum Gasteiger partial charge on any atom is -0.314 e. The van der Waals surface area contributed by atoms with Gasteiger partial charge in [-0.1, -0.05) is 30.3 Å². The minimum absolute atomic E-state index is 0.867. The summed E-state index contributed by atoms with van der Waals surface area (Å²) in [7, 11) is 0. The van der Waals surface area contributed by atoms with Gasteiger partial charge in [0.25, 0.3) is 0 Å². The van der Waals surface area contributed by atoms with Crippen LogP contribution in [-0.4, -0.2) is 30.6 Å². The summed E-state index contributed by atoms with van der Waals surface area (Å²) in [6, 6.07) is 11.7. The quantitative estimate of drug-likeness (QED) is 0.827. The third-order valence-electron chi connectivity index (χ3n) is 4.18. The van der Waals surface area contributed by atoms with Crippen LogP contribution in [0.3, 0.4) is 0 Å². The number of hydrogen-bond acceptors (Lipinski definition) is 2. The highest BCUT2D eigenvalue weighted by molar-refractivity contribution is 5.14. The zero-order chi connectivity index (χ0) is 12.2. The molecule has 0 amide bonds. The molecule has 2 heteroatoms. The lowest BCUT2D eigenvalue weighted by molar-refractivity contribution is 0.312. The molecule has 1 saturated carbocycles. The number of rotatable bonds is 6. The second-order valence-corrected chi connectivity index (χ2v) is 5.89. The Bertz CT molecular complexity index is 359. The van der Waals surface area contributed by atoms with Gasteiger partial charge in [-0.3, -0.25) is 4.90 Å². The van der Waals surface area contributed by atoms with E-state index in [1.54, 1.807) is 0 Å². The first kappa shape index (κ1) is 12.2. The summed E-state index contributed by atoms with van der Waals surface area (Å²) in [5.41, 5.74) is 1.45. The highest BCUT2D eigenvalue weighted by Gasteiger charge is 2.24. The number of likely N-dealkylation sites (tertiary alicyclic amines) is 1. The summed E-state index contributed by atoms with van der Waals surface area (Å²) in [4.78, 5) is 2.61. The summed E-state index contributed by atoms with van der Waals surface area (Å²) < 4.78 is 0. The SMILES string of the molecule is c1ccc(CN2CC[C@@H](CCNC3CC3)C2)cc1. The molecule has 0 unspecified atom stereocenters. The van der Waals surface area contributed by atoms with E-state index in [0.717, 1.165) is 18.5 Å². The average molecular weight is 244 g/mol. The molecule has 0 aromatic heterocycles. The van der Waals surface area contributed by atoms with E-state index in [0.29, 0.717) is 0 Å². The van der Waals surface area contributed by atoms with E-state index in [1.165, 1.54) is 50.9 Å². The van der Waals surface area contributed by atoms with Gasteiger partial charge in [0.1, 0.15) is 0 Å². The smallest absolute Gasteiger partial charge is 0.0233 e. The van der Waals surface area contributed by atoms with Crippen molar-refractivity contribution in [3.63, 3.8) is 0 Å². The molecule has 2 aliphatic rings. The van der Waals surface area contributed by atoms with Gasteiger partial charge in [-0.05, 0) is 50.3 Å². The molecule has 0 radical (unpaired) electrons. The first-order chi connectivity index (χ1) is 8.90. The lowest BCUT2D eigenvalue weighted by atomic mass is 10.1. The highest BCUT2D eigenvalue weighted by atomic mass is 15.1. The standard InChI is InChI=1S/C16H24N2/c1-2-4-14(5-3-1)12-18-11-9-15(13-18)8-10-17-16-6-7-16/h1-5,15-17H,6-13H2/t15-/m1/s1. The molecule has 1 aromatic carbocycles. The molecule has 2 nitrogen and oxygen atoms in total. The molecule has 98 valence electrons. The Balaban J connectivity index is 1.38. The van der Waals surface area contributed by atoms with Crippen LogP contribution in [0.4, 0.5) is 0 Å². The molecule has 1 atom stereocenters. The largest absolute Gasteiger partial charge is 0.314 e. The van der Waals surface area contributed by atoms with E-state index in [9.17, 15) is 0 Å². The summed E-state index contributed by atoms with van der Waals surface area (Å²) in [6.45, 7) is 4.94. The molecular formula is C16H24N2. The van der Waals surface area contributed by atoms with Gasteiger partial charge in [0.15, 0.2) is 0 Å². The van der Waals surface area contributed by atoms with Crippen molar-refractivity contribution in [3.05, 3.63) is 35.9 Å². The van der Waals surface area contributed by atoms with Gasteiger partial charge in [0.2, 0.25) is 0 Å². The molecule has 1 saturated heterocycles. The second-order valence-electron chi connectivity index (χ2n) is 5.89. The van der Waals surface area contributed by atoms with Crippen LogP contribution < -0.4 is 5.32 Å². The maximum absolute atomic E-state index is 3.63. The maximum atomic E-state index is 3.63. The molecule has 18 heavy (non-hydrogen) atoms. The van der Waals surface area contributed by atoms with Gasteiger partial charge in [0, 0.05) is 19.1 Å². The number of benzene rings is 1. The first-order valence-corrected chi connectivity index (χ1v) is 7.40. The monoisotopic (exact) mass is 244 g/mol. The predicted molar refractivity (Wildman–Crippen MR) is 75.5 cm³/mol. The van der Waals surface area contributed by atoms with Crippen molar-refractivity contribution in [1.29, 1.82) is 0 Å². The average Bonchev–Trinajstić information content (AvgIpc) is 3.11. The maximum Gasteiger partial charge on any atom is 0.0233 e. The first-order valence-electron chi connectivity index (χ1n) is 7.40. The molecule has 1 aromatic rings. The third-order valence-corrected chi connectivity index (χ3v) is 4.18. The van der Waals surface area contributed by atoms with Crippen LogP contribution in [0.5, 0.6) is 0 Å². The van der Waals surface area contributed by atoms with Gasteiger partial charge in [-0.15, -0.1) is 0 Å². The number of nitrogens with zero attached hydrogens (tertiary/aromatic N) is 1. The van der Waals surface area contributed by atoms with Crippen molar-refractivity contribution in [2.45, 2.75) is 38.3 Å². The summed E-state index contributed by atoms with van der Waals surface area (Å²) in [5.74, 6) is 0.917. The van der Waals surface area contributed by atoms with Gasteiger partial charge >= 0.3 is 0 Å². The fraction of sp³-hybridized carbons (Fsp3) is 0.625. The van der Waals surface area contributed by atoms with Gasteiger partial charge in [-0.2, -0.15) is 0 Å². The van der Waals surface area contributed by atoms with Crippen LogP contribution in [0.1, 0.15) is 31.2 Å². The van der Waals surface area contributed by atoms with Crippen LogP contribution in [0.25, 0.3) is 0 Å². The second kappa shape index (κ2) is 5.85. The predicted octanol–water partition coefficient (Wildman–Crippen LogP) is 2.65. The molecule has 1 N–H and O–H groups in total. The fourth-order valence-corrected chi connectivity index (χ4v) is 2.91. The molecule has 2 fully saturated rings. The van der Waals surface area contributed by atoms with Crippen LogP contribution in [0.2, 0.25) is 0 Å². The topological polar surface area (TPSA) is 15.3 Å². The van der Waals surface area contributed by atoms with E-state index in [2.05, 4.69) is 40.5 Å². The minimum atomic E-state index is 0.867. The van der Waals surface area contributed by atoms with Crippen LogP contribution in [-0.2, 0) is 6.54 Å². The normalized spacial score (nSPS) is 24.6. The van der Waals surface area contributed by atoms with E-state index in [-0.39, 0.29) is 0 Å². The van der Waals surface area contributed by atoms with Crippen molar-refractivity contribution < 1.29 is 0 Å². The van der Waals surface area contributed by atoms with Crippen molar-refractivity contribution in [2.75, 3.05) is 19.6 Å². The van der Waals surface area contributed by atoms with E-state index < -0.39 is 0 Å². The van der Waals surface area contributed by atoms with E-state index in [4.69, 9.17) is 0 Å². The van der Waals surface area contributed by atoms with Crippen LogP contribution >= 0.6 is 0 Å². The Morgan fingerprint density at radius 3 is 2.72 bits per heavy atom. The zero-order valence-electron chi connectivity index (χ0n) is 11.1. The zero-order valence-corrected chi connectivity index (χ0v) is 11.1. The number of nitrogens with one attached hydrogen (secondary N) is 1. The summed E-state index contributed by atoms with van der Waals surface area (Å²) >= 11 is 0. The molecular weight excluding hydrogens is 220 g/mol. The van der Waals surface area contributed by atoms with E-state index >= 15 is 0 Å². The highest BCUT2D eigenvalue weighted by Crippen LogP contribution is 2.22. The Hall–Kier alpha value is -0.860. The van der Waals surface area contributed by atoms with Crippen molar-refractivity contribution in [2.24, 2.45) is 5.92 Å². The molecule has 3 rings (SSSR count). The van der Waals surface area contributed by atoms with Crippen molar-refractivity contribution >= 4 is 0 Å². The van der Waals surface area contributed by atoms with Crippen LogP contribution in [0.15, 0.2) is 30.3 Å². The van der Waals surface area contributed by atoms with Gasteiger partial charge in [-0.25, -0.2) is 0 Å². The Morgan fingerprint density at radius 1 is 1.11 bits per heavy atom. The van der Waals surface area contributed by atoms with Crippen molar-refractivity contribution in [3.8, 4) is 0 Å². The Labute approximate surface area is 110 Å². The molecule has 0 bridgehead atoms. The van der Waals surface area contributed by atoms with Crippen LogP contribution in [0, 0.1) is 5.92 Å². The van der Waals surface area contributed by atoms with Crippen molar-refractivity contribution in [1.82, 2.24) is 10.2 Å². The molecule has 1 aliphatic carbocycles. The summed E-state index contributed by atoms with van der Waals surface area (Å²) in [5, 5.41) is 3.63. The number of hydrogen-bond donors (Lipinski definition) is 1. The van der Waals surface area contributed by atoms with E-state index in [1.807, 2.05) is 0 Å². The molecule has 0 spiro atoms. The lowest BCUT2D eigenvalue weighted by Gasteiger charge is -2.16. The Kier molecular flexibility index (Phi) is 3.96. The van der Waals surface area contributed by atoms with Gasteiger partial charge < -0.3 is 5.32 Å². The lowest BCUT2D eigenvalue weighted by Crippen LogP contribution is -2.23. The third kappa shape index (κ3) is 3.56. The van der Waals surface area contributed by atoms with Gasteiger partial charge in [0.05, 0.1) is 0 Å². The summed E-state index contributed by atoms with van der Waals surface area (Å²) in [6.07, 6.45) is 5.57. The molecule has 1 aliphatic heterocycles. The molecule has 1 heterocycles. The Morgan fingerprint density at radius 2 is 1.94 bits per heavy atom.